The second-order valence-corrected chi connectivity index (χ2v) is 8.66. The van der Waals surface area contributed by atoms with Crippen LogP contribution in [-0.4, -0.2) is 29.6 Å². The molecular weight excluding hydrogens is 330 g/mol. The first kappa shape index (κ1) is 17.4. The molecule has 5 rings (SSSR count). The molecule has 26 heavy (non-hydrogen) atoms. The van der Waals surface area contributed by atoms with Crippen LogP contribution in [0, 0.1) is 23.2 Å². The molecule has 1 atom stereocenters. The van der Waals surface area contributed by atoms with Crippen LogP contribution in [0.3, 0.4) is 0 Å². The van der Waals surface area contributed by atoms with Crippen molar-refractivity contribution in [2.75, 3.05) is 6.61 Å². The van der Waals surface area contributed by atoms with E-state index in [-0.39, 0.29) is 35.3 Å². The van der Waals surface area contributed by atoms with E-state index in [0.717, 1.165) is 17.8 Å². The van der Waals surface area contributed by atoms with Gasteiger partial charge in [-0.1, -0.05) is 12.1 Å². The van der Waals surface area contributed by atoms with Gasteiger partial charge in [-0.3, -0.25) is 4.79 Å². The van der Waals surface area contributed by atoms with E-state index < -0.39 is 5.97 Å². The summed E-state index contributed by atoms with van der Waals surface area (Å²) in [6.45, 7) is 1.79. The fourth-order valence-electron chi connectivity index (χ4n) is 6.00. The molecule has 140 valence electrons. The van der Waals surface area contributed by atoms with Crippen molar-refractivity contribution in [1.82, 2.24) is 5.32 Å². The number of amides is 1. The molecule has 0 heterocycles. The molecule has 0 radical (unpaired) electrons. The van der Waals surface area contributed by atoms with Crippen molar-refractivity contribution in [3.63, 3.8) is 0 Å². The standard InChI is InChI=1S/C21H27NO4/c1-13(21-9-14-6-15(10-21)8-16(7-14)11-21)22-19(24)12-26-20(25)17-4-2-3-5-18(17)23/h2-5,13-16,23H,6-12H2,1H3,(H,22,24)/t13-,14?,15?,16?,21?/m1/s1. The van der Waals surface area contributed by atoms with Gasteiger partial charge in [-0.15, -0.1) is 0 Å². The number of para-hydroxylation sites is 1. The minimum atomic E-state index is -0.680. The Hall–Kier alpha value is -2.04. The van der Waals surface area contributed by atoms with Crippen molar-refractivity contribution >= 4 is 11.9 Å². The average Bonchev–Trinajstić information content (AvgIpc) is 2.59. The van der Waals surface area contributed by atoms with Crippen LogP contribution >= 0.6 is 0 Å². The Morgan fingerprint density at radius 3 is 2.31 bits per heavy atom. The first-order valence-corrected chi connectivity index (χ1v) is 9.70. The topological polar surface area (TPSA) is 75.6 Å². The predicted molar refractivity (Wildman–Crippen MR) is 96.6 cm³/mol. The smallest absolute Gasteiger partial charge is 0.342 e. The number of aromatic hydroxyl groups is 1. The number of esters is 1. The molecule has 1 amide bonds. The van der Waals surface area contributed by atoms with E-state index in [1.165, 1.54) is 50.7 Å². The van der Waals surface area contributed by atoms with E-state index in [4.69, 9.17) is 4.74 Å². The minimum absolute atomic E-state index is 0.0782. The van der Waals surface area contributed by atoms with Crippen molar-refractivity contribution in [3.05, 3.63) is 29.8 Å². The van der Waals surface area contributed by atoms with Crippen LogP contribution in [0.5, 0.6) is 5.75 Å². The van der Waals surface area contributed by atoms with Crippen LogP contribution in [0.1, 0.15) is 55.8 Å². The molecule has 2 N–H and O–H groups in total. The number of carbonyl (C=O) groups is 2. The van der Waals surface area contributed by atoms with Crippen LogP contribution in [-0.2, 0) is 9.53 Å². The number of benzene rings is 1. The number of hydrogen-bond acceptors (Lipinski definition) is 4. The van der Waals surface area contributed by atoms with Crippen LogP contribution in [0.4, 0.5) is 0 Å². The maximum atomic E-state index is 12.3. The van der Waals surface area contributed by atoms with Gasteiger partial charge in [-0.2, -0.15) is 0 Å². The van der Waals surface area contributed by atoms with E-state index >= 15 is 0 Å². The third-order valence-corrected chi connectivity index (χ3v) is 6.84. The zero-order valence-corrected chi connectivity index (χ0v) is 15.2. The lowest BCUT2D eigenvalue weighted by Gasteiger charge is -2.59. The van der Waals surface area contributed by atoms with E-state index in [1.807, 2.05) is 0 Å². The van der Waals surface area contributed by atoms with Gasteiger partial charge < -0.3 is 15.2 Å². The van der Waals surface area contributed by atoms with Gasteiger partial charge in [0, 0.05) is 6.04 Å². The highest BCUT2D eigenvalue weighted by atomic mass is 16.5. The number of phenols is 1. The Bertz CT molecular complexity index is 678. The summed E-state index contributed by atoms with van der Waals surface area (Å²) in [4.78, 5) is 24.3. The summed E-state index contributed by atoms with van der Waals surface area (Å²) in [5.41, 5.74) is 0.306. The molecule has 0 aliphatic heterocycles. The molecule has 4 aliphatic carbocycles. The monoisotopic (exact) mass is 357 g/mol. The van der Waals surface area contributed by atoms with E-state index in [2.05, 4.69) is 12.2 Å². The maximum Gasteiger partial charge on any atom is 0.342 e. The van der Waals surface area contributed by atoms with Gasteiger partial charge >= 0.3 is 5.97 Å². The highest BCUT2D eigenvalue weighted by molar-refractivity contribution is 5.93. The largest absolute Gasteiger partial charge is 0.507 e. The van der Waals surface area contributed by atoms with E-state index in [0.29, 0.717) is 0 Å². The van der Waals surface area contributed by atoms with Crippen molar-refractivity contribution in [1.29, 1.82) is 0 Å². The van der Waals surface area contributed by atoms with Gasteiger partial charge in [0.2, 0.25) is 0 Å². The lowest BCUT2D eigenvalue weighted by atomic mass is 9.48. The fraction of sp³-hybridized carbons (Fsp3) is 0.619. The summed E-state index contributed by atoms with van der Waals surface area (Å²) in [7, 11) is 0. The van der Waals surface area contributed by atoms with Crippen molar-refractivity contribution in [2.45, 2.75) is 51.5 Å². The van der Waals surface area contributed by atoms with Crippen LogP contribution < -0.4 is 5.32 Å². The molecule has 4 fully saturated rings. The molecule has 0 unspecified atom stereocenters. The quantitative estimate of drug-likeness (QED) is 0.793. The van der Waals surface area contributed by atoms with Crippen molar-refractivity contribution in [3.8, 4) is 5.75 Å². The highest BCUT2D eigenvalue weighted by Gasteiger charge is 2.53. The molecule has 4 saturated carbocycles. The molecule has 0 saturated heterocycles. The first-order valence-electron chi connectivity index (χ1n) is 9.70. The molecule has 1 aromatic carbocycles. The van der Waals surface area contributed by atoms with Gasteiger partial charge in [0.25, 0.3) is 5.91 Å². The van der Waals surface area contributed by atoms with Crippen molar-refractivity contribution < 1.29 is 19.4 Å². The molecule has 5 heteroatoms. The first-order chi connectivity index (χ1) is 12.4. The zero-order valence-electron chi connectivity index (χ0n) is 15.2. The zero-order chi connectivity index (χ0) is 18.3. The lowest BCUT2D eigenvalue weighted by Crippen LogP contribution is -2.56. The fourth-order valence-corrected chi connectivity index (χ4v) is 6.00. The van der Waals surface area contributed by atoms with E-state index in [1.54, 1.807) is 12.1 Å². The third kappa shape index (κ3) is 3.19. The SMILES string of the molecule is C[C@@H](NC(=O)COC(=O)c1ccccc1O)C12CC3CC(CC(C3)C1)C2. The van der Waals surface area contributed by atoms with Gasteiger partial charge in [0.1, 0.15) is 11.3 Å². The number of phenolic OH excluding ortho intramolecular Hbond substituents is 1. The van der Waals surface area contributed by atoms with Gasteiger partial charge in [-0.25, -0.2) is 4.79 Å². The second kappa shape index (κ2) is 6.60. The number of ether oxygens (including phenoxy) is 1. The second-order valence-electron chi connectivity index (χ2n) is 8.66. The average molecular weight is 357 g/mol. The number of carbonyl (C=O) groups excluding carboxylic acids is 2. The summed E-state index contributed by atoms with van der Waals surface area (Å²) in [5.74, 6) is 1.41. The number of rotatable bonds is 5. The molecule has 4 aliphatic rings. The Labute approximate surface area is 154 Å². The summed E-state index contributed by atoms with van der Waals surface area (Å²) < 4.78 is 5.08. The number of nitrogens with one attached hydrogen (secondary N) is 1. The van der Waals surface area contributed by atoms with Crippen LogP contribution in [0.25, 0.3) is 0 Å². The molecule has 4 bridgehead atoms. The summed E-state index contributed by atoms with van der Waals surface area (Å²) in [6.07, 6.45) is 7.78. The highest BCUT2D eigenvalue weighted by Crippen LogP contribution is 2.61. The normalized spacial score (nSPS) is 32.9. The minimum Gasteiger partial charge on any atom is -0.507 e. The lowest BCUT2D eigenvalue weighted by molar-refractivity contribution is -0.128. The Morgan fingerprint density at radius 2 is 1.73 bits per heavy atom. The summed E-state index contributed by atoms with van der Waals surface area (Å²) in [5, 5.41) is 12.8. The van der Waals surface area contributed by atoms with Crippen molar-refractivity contribution in [2.24, 2.45) is 23.2 Å². The van der Waals surface area contributed by atoms with Gasteiger partial charge in [0.15, 0.2) is 6.61 Å². The molecule has 0 aromatic heterocycles. The molecule has 5 nitrogen and oxygen atoms in total. The summed E-state index contributed by atoms with van der Waals surface area (Å²) >= 11 is 0. The summed E-state index contributed by atoms with van der Waals surface area (Å²) in [6, 6.07) is 6.28. The third-order valence-electron chi connectivity index (χ3n) is 6.84. The van der Waals surface area contributed by atoms with Gasteiger partial charge in [-0.05, 0) is 80.8 Å². The Kier molecular flexibility index (Phi) is 4.41. The molecule has 1 aromatic rings. The molecular formula is C21H27NO4. The van der Waals surface area contributed by atoms with E-state index in [9.17, 15) is 14.7 Å². The Morgan fingerprint density at radius 1 is 1.15 bits per heavy atom. The predicted octanol–water partition coefficient (Wildman–Crippen LogP) is 3.27. The number of hydrogen-bond donors (Lipinski definition) is 2. The van der Waals surface area contributed by atoms with Crippen LogP contribution in [0.2, 0.25) is 0 Å². The van der Waals surface area contributed by atoms with Gasteiger partial charge in [0.05, 0.1) is 0 Å². The Balaban J connectivity index is 1.32. The maximum absolute atomic E-state index is 12.3. The van der Waals surface area contributed by atoms with Crippen LogP contribution in [0.15, 0.2) is 24.3 Å². The molecule has 0 spiro atoms.